The fourth-order valence-corrected chi connectivity index (χ4v) is 2.74. The first-order valence-corrected chi connectivity index (χ1v) is 7.53. The number of anilines is 2. The molecule has 1 aromatic carbocycles. The highest BCUT2D eigenvalue weighted by molar-refractivity contribution is 6.39. The van der Waals surface area contributed by atoms with E-state index in [-0.39, 0.29) is 11.4 Å². The predicted molar refractivity (Wildman–Crippen MR) is 91.8 cm³/mol. The van der Waals surface area contributed by atoms with Gasteiger partial charge in [-0.2, -0.15) is 4.98 Å². The number of carbonyl (C=O) groups is 1. The lowest BCUT2D eigenvalue weighted by Gasteiger charge is -2.09. The van der Waals surface area contributed by atoms with Crippen molar-refractivity contribution in [3.05, 3.63) is 39.9 Å². The van der Waals surface area contributed by atoms with Crippen molar-refractivity contribution in [3.8, 4) is 5.88 Å². The van der Waals surface area contributed by atoms with Crippen molar-refractivity contribution >= 4 is 52.0 Å². The minimum atomic E-state index is -1.14. The van der Waals surface area contributed by atoms with Crippen molar-refractivity contribution in [2.75, 3.05) is 12.4 Å². The zero-order chi connectivity index (χ0) is 17.4. The second-order valence-corrected chi connectivity index (χ2v) is 5.72. The van der Waals surface area contributed by atoms with Crippen LogP contribution in [0.1, 0.15) is 10.4 Å². The van der Waals surface area contributed by atoms with Crippen LogP contribution in [0.4, 0.5) is 11.6 Å². The number of aromatic carboxylic acids is 1. The molecule has 0 amide bonds. The summed E-state index contributed by atoms with van der Waals surface area (Å²) in [5.41, 5.74) is 1.30. The highest BCUT2D eigenvalue weighted by Crippen LogP contribution is 2.33. The molecule has 0 aliphatic heterocycles. The van der Waals surface area contributed by atoms with E-state index in [9.17, 15) is 9.90 Å². The Balaban J connectivity index is 2.13. The molecule has 3 rings (SSSR count). The molecule has 0 radical (unpaired) electrons. The van der Waals surface area contributed by atoms with Crippen molar-refractivity contribution in [1.29, 1.82) is 0 Å². The second-order valence-electron chi connectivity index (χ2n) is 4.91. The number of nitrogens with zero attached hydrogens (tertiary/aromatic N) is 3. The van der Waals surface area contributed by atoms with E-state index in [2.05, 4.69) is 15.3 Å². The maximum atomic E-state index is 11.3. The summed E-state index contributed by atoms with van der Waals surface area (Å²) in [7, 11) is 3.09. The van der Waals surface area contributed by atoms with Crippen LogP contribution in [-0.2, 0) is 7.05 Å². The molecular weight excluding hydrogens is 355 g/mol. The normalized spacial score (nSPS) is 10.8. The number of rotatable bonds is 4. The summed E-state index contributed by atoms with van der Waals surface area (Å²) < 4.78 is 6.70. The Labute approximate surface area is 146 Å². The Morgan fingerprint density at radius 2 is 1.96 bits per heavy atom. The van der Waals surface area contributed by atoms with Crippen molar-refractivity contribution in [1.82, 2.24) is 14.5 Å². The van der Waals surface area contributed by atoms with Gasteiger partial charge >= 0.3 is 5.97 Å². The van der Waals surface area contributed by atoms with Crippen LogP contribution < -0.4 is 10.1 Å². The largest absolute Gasteiger partial charge is 0.480 e. The van der Waals surface area contributed by atoms with Crippen LogP contribution in [0.3, 0.4) is 0 Å². The number of carboxylic acid groups (broad SMARTS) is 1. The number of halogens is 2. The molecule has 3 aromatic rings. The van der Waals surface area contributed by atoms with E-state index < -0.39 is 5.97 Å². The monoisotopic (exact) mass is 366 g/mol. The summed E-state index contributed by atoms with van der Waals surface area (Å²) in [5, 5.41) is 13.2. The average molecular weight is 367 g/mol. The van der Waals surface area contributed by atoms with E-state index in [4.69, 9.17) is 27.9 Å². The first-order chi connectivity index (χ1) is 11.4. The molecule has 0 bridgehead atoms. The van der Waals surface area contributed by atoms with Gasteiger partial charge in [0.2, 0.25) is 11.8 Å². The highest BCUT2D eigenvalue weighted by atomic mass is 35.5. The summed E-state index contributed by atoms with van der Waals surface area (Å²) in [5.74, 6) is -0.715. The van der Waals surface area contributed by atoms with E-state index in [1.54, 1.807) is 29.8 Å². The van der Waals surface area contributed by atoms with Crippen molar-refractivity contribution < 1.29 is 14.6 Å². The molecular formula is C15H12Cl2N4O3. The Kier molecular flexibility index (Phi) is 4.21. The maximum absolute atomic E-state index is 11.3. The quantitative estimate of drug-likeness (QED) is 0.731. The fraction of sp³-hybridized carbons (Fsp3) is 0.133. The van der Waals surface area contributed by atoms with Gasteiger partial charge in [-0.15, -0.1) is 0 Å². The highest BCUT2D eigenvalue weighted by Gasteiger charge is 2.19. The van der Waals surface area contributed by atoms with Gasteiger partial charge < -0.3 is 15.2 Å². The van der Waals surface area contributed by atoms with E-state index >= 15 is 0 Å². The smallest absolute Gasteiger partial charge is 0.341 e. The number of pyridine rings is 1. The lowest BCUT2D eigenvalue weighted by Crippen LogP contribution is -2.04. The number of benzene rings is 1. The first-order valence-electron chi connectivity index (χ1n) is 6.78. The number of nitrogens with one attached hydrogen (secondary N) is 1. The van der Waals surface area contributed by atoms with Crippen LogP contribution in [-0.4, -0.2) is 32.7 Å². The molecule has 9 heteroatoms. The third-order valence-electron chi connectivity index (χ3n) is 3.43. The number of carboxylic acids is 1. The molecule has 24 heavy (non-hydrogen) atoms. The van der Waals surface area contributed by atoms with E-state index in [1.807, 2.05) is 0 Å². The number of ether oxygens (including phenoxy) is 1. The molecule has 0 saturated heterocycles. The Bertz CT molecular complexity index is 935. The molecule has 0 aliphatic carbocycles. The number of aryl methyl sites for hydroxylation is 1. The van der Waals surface area contributed by atoms with Crippen LogP contribution in [0.25, 0.3) is 11.2 Å². The lowest BCUT2D eigenvalue weighted by atomic mass is 10.2. The van der Waals surface area contributed by atoms with Gasteiger partial charge in [-0.05, 0) is 18.2 Å². The van der Waals surface area contributed by atoms with Gasteiger partial charge in [0.25, 0.3) is 0 Å². The summed E-state index contributed by atoms with van der Waals surface area (Å²) in [6.45, 7) is 0. The zero-order valence-electron chi connectivity index (χ0n) is 12.7. The molecule has 124 valence electrons. The van der Waals surface area contributed by atoms with Gasteiger partial charge in [-0.25, -0.2) is 9.78 Å². The second kappa shape index (κ2) is 6.18. The van der Waals surface area contributed by atoms with Crippen molar-refractivity contribution in [3.63, 3.8) is 0 Å². The summed E-state index contributed by atoms with van der Waals surface area (Å²) in [6.07, 6.45) is 0. The lowest BCUT2D eigenvalue weighted by molar-refractivity contribution is 0.0692. The Hall–Kier alpha value is -2.51. The van der Waals surface area contributed by atoms with E-state index in [1.165, 1.54) is 13.2 Å². The number of hydrogen-bond acceptors (Lipinski definition) is 5. The van der Waals surface area contributed by atoms with Crippen LogP contribution in [0.5, 0.6) is 5.88 Å². The zero-order valence-corrected chi connectivity index (χ0v) is 14.2. The van der Waals surface area contributed by atoms with Crippen LogP contribution in [0, 0.1) is 0 Å². The number of para-hydroxylation sites is 1. The summed E-state index contributed by atoms with van der Waals surface area (Å²) in [6, 6.07) is 6.53. The molecule has 0 fully saturated rings. The van der Waals surface area contributed by atoms with Gasteiger partial charge in [0, 0.05) is 7.05 Å². The molecule has 0 spiro atoms. The van der Waals surface area contributed by atoms with Gasteiger partial charge in [-0.1, -0.05) is 29.3 Å². The number of hydrogen-bond donors (Lipinski definition) is 2. The Morgan fingerprint density at radius 1 is 1.29 bits per heavy atom. The molecule has 0 atom stereocenters. The Morgan fingerprint density at radius 3 is 2.54 bits per heavy atom. The topological polar surface area (TPSA) is 89.3 Å². The number of methoxy groups -OCH3 is 1. The molecule has 0 aliphatic rings. The molecule has 2 aromatic heterocycles. The SMILES string of the molecule is COc1nc2c(cc1C(=O)O)nc(Nc1c(Cl)cccc1Cl)n2C. The van der Waals surface area contributed by atoms with Crippen molar-refractivity contribution in [2.45, 2.75) is 0 Å². The average Bonchev–Trinajstić information content (AvgIpc) is 2.85. The minimum Gasteiger partial charge on any atom is -0.480 e. The van der Waals surface area contributed by atoms with E-state index in [0.717, 1.165) is 0 Å². The van der Waals surface area contributed by atoms with Gasteiger partial charge in [0.15, 0.2) is 5.65 Å². The third kappa shape index (κ3) is 2.72. The first kappa shape index (κ1) is 16.4. The van der Waals surface area contributed by atoms with Crippen molar-refractivity contribution in [2.24, 2.45) is 7.05 Å². The van der Waals surface area contributed by atoms with Gasteiger partial charge in [-0.3, -0.25) is 4.57 Å². The number of imidazole rings is 1. The van der Waals surface area contributed by atoms with Crippen LogP contribution in [0.15, 0.2) is 24.3 Å². The molecule has 2 N–H and O–H groups in total. The predicted octanol–water partition coefficient (Wildman–Crippen LogP) is 3.73. The number of fused-ring (bicyclic) bond motifs is 1. The fourth-order valence-electron chi connectivity index (χ4n) is 2.24. The minimum absolute atomic E-state index is 0.0142. The summed E-state index contributed by atoms with van der Waals surface area (Å²) in [4.78, 5) is 19.9. The maximum Gasteiger partial charge on any atom is 0.341 e. The molecule has 7 nitrogen and oxygen atoms in total. The summed E-state index contributed by atoms with van der Waals surface area (Å²) >= 11 is 12.3. The molecule has 2 heterocycles. The van der Waals surface area contributed by atoms with Gasteiger partial charge in [0.05, 0.1) is 22.8 Å². The third-order valence-corrected chi connectivity index (χ3v) is 4.06. The standard InChI is InChI=1S/C15H12Cl2N4O3/c1-21-12-10(6-7(14(22)23)13(20-12)24-2)18-15(21)19-11-8(16)4-3-5-9(11)17/h3-6H,1-2H3,(H,18,19)(H,22,23). The molecule has 0 unspecified atom stereocenters. The van der Waals surface area contributed by atoms with Crippen LogP contribution >= 0.6 is 23.2 Å². The van der Waals surface area contributed by atoms with E-state index in [0.29, 0.717) is 32.8 Å². The molecule has 0 saturated carbocycles. The van der Waals surface area contributed by atoms with Gasteiger partial charge in [0.1, 0.15) is 11.1 Å². The number of aromatic nitrogens is 3. The van der Waals surface area contributed by atoms with Crippen LogP contribution in [0.2, 0.25) is 10.0 Å².